The van der Waals surface area contributed by atoms with E-state index >= 15 is 0 Å². The van der Waals surface area contributed by atoms with Crippen molar-refractivity contribution in [2.45, 2.75) is 45.2 Å². The Morgan fingerprint density at radius 3 is 2.18 bits per heavy atom. The van der Waals surface area contributed by atoms with Gasteiger partial charge in [-0.15, -0.1) is 11.6 Å². The van der Waals surface area contributed by atoms with E-state index in [2.05, 4.69) is 32.7 Å². The lowest BCUT2D eigenvalue weighted by atomic mass is 10.6. The van der Waals surface area contributed by atoms with Gasteiger partial charge in [0, 0.05) is 5.88 Å². The van der Waals surface area contributed by atoms with E-state index in [-0.39, 0.29) is 0 Å². The molecule has 1 heterocycles. The summed E-state index contributed by atoms with van der Waals surface area (Å²) in [5.41, 5.74) is 0. The zero-order valence-electron chi connectivity index (χ0n) is 11.3. The quantitative estimate of drug-likeness (QED) is 0.587. The van der Waals surface area contributed by atoms with Crippen LogP contribution >= 0.6 is 11.6 Å². The Bertz CT molecular complexity index is 266. The molecule has 1 aliphatic rings. The number of halogens is 1. The molecule has 1 saturated heterocycles. The third kappa shape index (κ3) is 5.66. The fraction of sp³-hybridized carbons (Fsp3) is 1.00. The minimum atomic E-state index is -2.14. The highest BCUT2D eigenvalue weighted by Crippen LogP contribution is 2.27. The molecule has 0 aromatic heterocycles. The maximum Gasteiger partial charge on any atom is 0.317 e. The number of rotatable bonds is 3. The summed E-state index contributed by atoms with van der Waals surface area (Å²) in [7, 11) is -7.28. The average Bonchev–Trinajstić information content (AvgIpc) is 2.09. The fourth-order valence-corrected chi connectivity index (χ4v) is 18.0. The van der Waals surface area contributed by atoms with Crippen LogP contribution in [0.4, 0.5) is 0 Å². The van der Waals surface area contributed by atoms with Crippen molar-refractivity contribution in [3.63, 3.8) is 0 Å². The predicted molar refractivity (Wildman–Crippen MR) is 79.6 cm³/mol. The highest BCUT2D eigenvalue weighted by molar-refractivity contribution is 6.88. The second-order valence-corrected chi connectivity index (χ2v) is 18.3. The molecule has 0 aromatic rings. The third-order valence-corrected chi connectivity index (χ3v) is 17.8. The second kappa shape index (κ2) is 5.97. The molecular formula is C8H23ClO4Si4. The third-order valence-electron chi connectivity index (χ3n) is 2.49. The van der Waals surface area contributed by atoms with Gasteiger partial charge >= 0.3 is 25.7 Å². The lowest BCUT2D eigenvalue weighted by Gasteiger charge is -2.42. The van der Waals surface area contributed by atoms with E-state index in [0.29, 0.717) is 5.88 Å². The highest BCUT2D eigenvalue weighted by atomic mass is 35.5. The van der Waals surface area contributed by atoms with E-state index < -0.39 is 35.7 Å². The average molecular weight is 331 g/mol. The molecule has 1 atom stereocenters. The first-order chi connectivity index (χ1) is 7.68. The molecule has 17 heavy (non-hydrogen) atoms. The highest BCUT2D eigenvalue weighted by Gasteiger charge is 2.45. The van der Waals surface area contributed by atoms with Gasteiger partial charge in [0.2, 0.25) is 0 Å². The summed E-state index contributed by atoms with van der Waals surface area (Å²) < 4.78 is 24.3. The van der Waals surface area contributed by atoms with Crippen molar-refractivity contribution < 1.29 is 16.5 Å². The molecule has 1 rings (SSSR count). The van der Waals surface area contributed by atoms with Gasteiger partial charge in [-0.3, -0.25) is 0 Å². The number of alkyl halides is 1. The summed E-state index contributed by atoms with van der Waals surface area (Å²) in [5.74, 6) is 0.654. The SMILES string of the molecule is C[Si]1(C)O[SiH2]O[Si](C)(CCCCl)O[Si](C)(C)O1. The zero-order chi connectivity index (χ0) is 13.2. The van der Waals surface area contributed by atoms with Gasteiger partial charge in [0.25, 0.3) is 10.0 Å². The molecular weight excluding hydrogens is 308 g/mol. The summed E-state index contributed by atoms with van der Waals surface area (Å²) in [6, 6.07) is 0.925. The van der Waals surface area contributed by atoms with Crippen molar-refractivity contribution in [2.24, 2.45) is 0 Å². The van der Waals surface area contributed by atoms with E-state index in [1.807, 2.05) is 0 Å². The van der Waals surface area contributed by atoms with Crippen LogP contribution in [0, 0.1) is 0 Å². The van der Waals surface area contributed by atoms with E-state index in [0.717, 1.165) is 12.5 Å². The van der Waals surface area contributed by atoms with Gasteiger partial charge in [-0.05, 0) is 45.2 Å². The summed E-state index contributed by atoms with van der Waals surface area (Å²) in [4.78, 5) is 0. The normalized spacial score (nSPS) is 34.2. The molecule has 9 heteroatoms. The van der Waals surface area contributed by atoms with E-state index in [1.54, 1.807) is 0 Å². The van der Waals surface area contributed by atoms with Crippen molar-refractivity contribution in [3.05, 3.63) is 0 Å². The Morgan fingerprint density at radius 1 is 0.941 bits per heavy atom. The second-order valence-electron chi connectivity index (χ2n) is 5.34. The number of hydrogen-bond acceptors (Lipinski definition) is 4. The van der Waals surface area contributed by atoms with Crippen LogP contribution in [-0.2, 0) is 16.5 Å². The zero-order valence-corrected chi connectivity index (χ0v) is 16.5. The van der Waals surface area contributed by atoms with E-state index in [4.69, 9.17) is 28.1 Å². The lowest BCUT2D eigenvalue weighted by molar-refractivity contribution is 0.257. The monoisotopic (exact) mass is 330 g/mol. The first kappa shape index (κ1) is 16.1. The standard InChI is InChI=1S/C8H23ClO4Si4/c1-15(2)10-14-11-17(5,8-6-7-9)13-16(3,4)12-15/h6-8,14H2,1-5H3. The topological polar surface area (TPSA) is 36.9 Å². The van der Waals surface area contributed by atoms with Gasteiger partial charge in [-0.1, -0.05) is 0 Å². The van der Waals surface area contributed by atoms with E-state index in [1.165, 1.54) is 0 Å². The van der Waals surface area contributed by atoms with Crippen LogP contribution in [0.3, 0.4) is 0 Å². The Kier molecular flexibility index (Phi) is 5.64. The van der Waals surface area contributed by atoms with Gasteiger partial charge in [0.1, 0.15) is 0 Å². The van der Waals surface area contributed by atoms with Crippen LogP contribution in [0.15, 0.2) is 0 Å². The molecule has 4 nitrogen and oxygen atoms in total. The molecule has 1 unspecified atom stereocenters. The Hall–Kier alpha value is 0.998. The first-order valence-corrected chi connectivity index (χ1v) is 15.8. The van der Waals surface area contributed by atoms with Gasteiger partial charge in [0.15, 0.2) is 0 Å². The molecule has 0 amide bonds. The van der Waals surface area contributed by atoms with Crippen LogP contribution in [0.5, 0.6) is 0 Å². The summed E-state index contributed by atoms with van der Waals surface area (Å²) in [6.07, 6.45) is 0.935. The van der Waals surface area contributed by atoms with Gasteiger partial charge in [0.05, 0.1) is 0 Å². The van der Waals surface area contributed by atoms with Crippen LogP contribution in [-0.4, -0.2) is 41.6 Å². The maximum atomic E-state index is 6.27. The molecule has 0 aliphatic carbocycles. The largest absolute Gasteiger partial charge is 0.420 e. The first-order valence-electron chi connectivity index (χ1n) is 5.92. The molecule has 0 aromatic carbocycles. The van der Waals surface area contributed by atoms with Crippen LogP contribution < -0.4 is 0 Å². The molecule has 0 bridgehead atoms. The van der Waals surface area contributed by atoms with Crippen molar-refractivity contribution >= 4 is 47.3 Å². The van der Waals surface area contributed by atoms with Crippen LogP contribution in [0.2, 0.25) is 38.8 Å². The summed E-state index contributed by atoms with van der Waals surface area (Å²) in [6.45, 7) is 10.4. The Balaban J connectivity index is 2.72. The van der Waals surface area contributed by atoms with Crippen molar-refractivity contribution in [2.75, 3.05) is 5.88 Å². The minimum absolute atomic E-state index is 0.654. The van der Waals surface area contributed by atoms with Gasteiger partial charge < -0.3 is 16.5 Å². The minimum Gasteiger partial charge on any atom is -0.420 e. The predicted octanol–water partition coefficient (Wildman–Crippen LogP) is 2.17. The molecule has 102 valence electrons. The van der Waals surface area contributed by atoms with Gasteiger partial charge in [-0.25, -0.2) is 0 Å². The smallest absolute Gasteiger partial charge is 0.317 e. The lowest BCUT2D eigenvalue weighted by Crippen LogP contribution is -2.59. The Morgan fingerprint density at radius 2 is 1.59 bits per heavy atom. The van der Waals surface area contributed by atoms with Crippen molar-refractivity contribution in [3.8, 4) is 0 Å². The van der Waals surface area contributed by atoms with Crippen molar-refractivity contribution in [1.82, 2.24) is 0 Å². The molecule has 1 aliphatic heterocycles. The molecule has 0 radical (unpaired) electrons. The summed E-state index contributed by atoms with van der Waals surface area (Å²) in [5, 5.41) is 0. The molecule has 1 fully saturated rings. The Labute approximate surface area is 115 Å². The fourth-order valence-electron chi connectivity index (χ4n) is 2.00. The van der Waals surface area contributed by atoms with Crippen LogP contribution in [0.1, 0.15) is 6.42 Å². The van der Waals surface area contributed by atoms with Crippen LogP contribution in [0.25, 0.3) is 0 Å². The number of hydrogen-bond donors (Lipinski definition) is 0. The summed E-state index contributed by atoms with van der Waals surface area (Å²) >= 11 is 5.75. The van der Waals surface area contributed by atoms with Crippen molar-refractivity contribution in [1.29, 1.82) is 0 Å². The molecule has 0 saturated carbocycles. The molecule has 0 N–H and O–H groups in total. The maximum absolute atomic E-state index is 6.27. The van der Waals surface area contributed by atoms with Gasteiger partial charge in [-0.2, -0.15) is 0 Å². The van der Waals surface area contributed by atoms with E-state index in [9.17, 15) is 0 Å². The molecule has 0 spiro atoms.